The first-order valence-corrected chi connectivity index (χ1v) is 15.0. The Morgan fingerprint density at radius 1 is 1.10 bits per heavy atom. The number of carbonyl (C=O) groups is 2. The highest BCUT2D eigenvalue weighted by Gasteiger charge is 2.39. The zero-order valence-corrected chi connectivity index (χ0v) is 24.6. The number of aliphatic carboxylic acids is 1. The van der Waals surface area contributed by atoms with Crippen LogP contribution in [0.2, 0.25) is 10.0 Å². The number of benzene rings is 2. The van der Waals surface area contributed by atoms with E-state index < -0.39 is 39.1 Å². The number of nitrogens with one attached hydrogen (secondary N) is 1. The molecule has 9 nitrogen and oxygen atoms in total. The predicted octanol–water partition coefficient (Wildman–Crippen LogP) is 5.65. The molecule has 2 aromatic carbocycles. The van der Waals surface area contributed by atoms with Gasteiger partial charge in [-0.05, 0) is 62.9 Å². The number of halogens is 6. The van der Waals surface area contributed by atoms with Gasteiger partial charge in [0.05, 0.1) is 28.1 Å². The summed E-state index contributed by atoms with van der Waals surface area (Å²) in [6, 6.07) is 8.28. The summed E-state index contributed by atoms with van der Waals surface area (Å²) in [5.41, 5.74) is 1.94. The molecular weight excluding hydrogens is 627 g/mol. The number of sulfonamides is 1. The van der Waals surface area contributed by atoms with Crippen LogP contribution in [0.15, 0.2) is 30.3 Å². The molecule has 1 aromatic heterocycles. The number of aryl methyl sites for hydroxylation is 1. The van der Waals surface area contributed by atoms with Crippen molar-refractivity contribution in [3.63, 3.8) is 0 Å². The summed E-state index contributed by atoms with van der Waals surface area (Å²) in [5.74, 6) is -4.49. The number of carboxylic acids is 1. The minimum atomic E-state index is -5.08. The summed E-state index contributed by atoms with van der Waals surface area (Å²) in [5, 5.41) is 13.0. The number of hydrogen-bond donors (Lipinski definition) is 2. The van der Waals surface area contributed by atoms with Gasteiger partial charge in [-0.1, -0.05) is 23.2 Å². The van der Waals surface area contributed by atoms with Crippen LogP contribution in [0.4, 0.5) is 17.6 Å². The van der Waals surface area contributed by atoms with Gasteiger partial charge < -0.3 is 5.11 Å². The molecule has 2 aliphatic rings. The molecule has 0 spiro atoms. The summed E-state index contributed by atoms with van der Waals surface area (Å²) >= 11 is 12.4. The fourth-order valence-corrected chi connectivity index (χ4v) is 6.59. The van der Waals surface area contributed by atoms with Gasteiger partial charge in [0.1, 0.15) is 5.82 Å². The number of alkyl halides is 3. The van der Waals surface area contributed by atoms with Crippen LogP contribution < -0.4 is 4.72 Å². The molecule has 5 rings (SSSR count). The van der Waals surface area contributed by atoms with E-state index in [-0.39, 0.29) is 17.6 Å². The van der Waals surface area contributed by atoms with E-state index in [0.717, 1.165) is 18.5 Å². The van der Waals surface area contributed by atoms with Crippen molar-refractivity contribution in [1.82, 2.24) is 19.4 Å². The van der Waals surface area contributed by atoms with Gasteiger partial charge in [0.25, 0.3) is 5.91 Å². The van der Waals surface area contributed by atoms with Crippen molar-refractivity contribution in [3.05, 3.63) is 63.0 Å². The maximum atomic E-state index is 15.0. The molecule has 0 bridgehead atoms. The van der Waals surface area contributed by atoms with Gasteiger partial charge in [-0.2, -0.15) is 18.3 Å². The molecule has 1 aliphatic carbocycles. The molecule has 1 saturated carbocycles. The van der Waals surface area contributed by atoms with E-state index in [2.05, 4.69) is 16.9 Å². The summed E-state index contributed by atoms with van der Waals surface area (Å²) < 4.78 is 74.8. The van der Waals surface area contributed by atoms with Crippen molar-refractivity contribution in [2.24, 2.45) is 0 Å². The number of aromatic nitrogens is 2. The number of amides is 1. The van der Waals surface area contributed by atoms with E-state index in [1.807, 2.05) is 21.5 Å². The Labute approximate surface area is 248 Å². The minimum absolute atomic E-state index is 0.0117. The molecule has 228 valence electrons. The molecule has 0 radical (unpaired) electrons. The Balaban J connectivity index is 0.000000517. The molecule has 2 heterocycles. The second kappa shape index (κ2) is 12.0. The Hall–Kier alpha value is -2.94. The molecule has 3 aromatic rings. The molecule has 1 saturated heterocycles. The van der Waals surface area contributed by atoms with Crippen molar-refractivity contribution in [1.29, 1.82) is 0 Å². The molecule has 1 amide bonds. The highest BCUT2D eigenvalue weighted by atomic mass is 35.5. The van der Waals surface area contributed by atoms with E-state index in [0.29, 0.717) is 46.0 Å². The van der Waals surface area contributed by atoms with Crippen LogP contribution in [0, 0.1) is 12.7 Å². The Morgan fingerprint density at radius 3 is 2.24 bits per heavy atom. The first-order chi connectivity index (χ1) is 19.5. The Bertz CT molecular complexity index is 1620. The lowest BCUT2D eigenvalue weighted by atomic mass is 10.1. The fraction of sp³-hybridized carbons (Fsp3) is 0.423. The van der Waals surface area contributed by atoms with E-state index in [9.17, 15) is 26.4 Å². The van der Waals surface area contributed by atoms with Crippen molar-refractivity contribution in [3.8, 4) is 0 Å². The molecule has 2 fully saturated rings. The van der Waals surface area contributed by atoms with Crippen LogP contribution in [0.25, 0.3) is 10.9 Å². The topological polar surface area (TPSA) is 122 Å². The zero-order valence-electron chi connectivity index (χ0n) is 22.3. The monoisotopic (exact) mass is 652 g/mol. The number of hydrogen-bond acceptors (Lipinski definition) is 6. The molecule has 1 aliphatic heterocycles. The summed E-state index contributed by atoms with van der Waals surface area (Å²) in [6.07, 6.45) is -3.24. The van der Waals surface area contributed by atoms with Crippen LogP contribution >= 0.6 is 23.2 Å². The molecule has 0 unspecified atom stereocenters. The van der Waals surface area contributed by atoms with Gasteiger partial charge in [-0.3, -0.25) is 14.4 Å². The average molecular weight is 653 g/mol. The summed E-state index contributed by atoms with van der Waals surface area (Å²) in [7, 11) is -3.77. The summed E-state index contributed by atoms with van der Waals surface area (Å²) in [4.78, 5) is 23.7. The maximum Gasteiger partial charge on any atom is 0.490 e. The zero-order chi connectivity index (χ0) is 31.1. The Morgan fingerprint density at radius 2 is 1.69 bits per heavy atom. The van der Waals surface area contributed by atoms with Crippen LogP contribution in [0.5, 0.6) is 0 Å². The number of nitrogens with zero attached hydrogens (tertiary/aromatic N) is 3. The minimum Gasteiger partial charge on any atom is -0.475 e. The first-order valence-electron chi connectivity index (χ1n) is 12.7. The number of fused-ring (bicyclic) bond motifs is 1. The molecule has 42 heavy (non-hydrogen) atoms. The van der Waals surface area contributed by atoms with E-state index in [1.165, 1.54) is 12.1 Å². The maximum absolute atomic E-state index is 15.0. The van der Waals surface area contributed by atoms with E-state index in [1.54, 1.807) is 13.0 Å². The van der Waals surface area contributed by atoms with E-state index in [4.69, 9.17) is 33.1 Å². The lowest BCUT2D eigenvalue weighted by Gasteiger charge is -2.25. The van der Waals surface area contributed by atoms with Crippen LogP contribution in [0.1, 0.15) is 59.9 Å². The molecule has 16 heteroatoms. The highest BCUT2D eigenvalue weighted by molar-refractivity contribution is 7.91. The van der Waals surface area contributed by atoms with Gasteiger partial charge in [-0.15, -0.1) is 0 Å². The van der Waals surface area contributed by atoms with Gasteiger partial charge >= 0.3 is 12.1 Å². The van der Waals surface area contributed by atoms with Gasteiger partial charge in [0.15, 0.2) is 0 Å². The number of carboxylic acid groups (broad SMARTS) is 1. The van der Waals surface area contributed by atoms with Crippen LogP contribution in [-0.2, 0) is 14.8 Å². The standard InChI is InChI=1S/C24H25Cl2FN4O3S.C2HF3O2/c1-13-20-10-21(24(32)29-35(33,34)19-3-4-19)22(27)11-23(20)31(28-13)18-5-6-30(12-18)14(2)15-7-16(25)9-17(26)8-15;3-2(4,5)1(6)7/h7-11,14,18-19H,3-6,12H2,1-2H3,(H,29,32);(H,6,7)/t14-,18-;/m1./s1. The van der Waals surface area contributed by atoms with Gasteiger partial charge in [0.2, 0.25) is 10.0 Å². The second-order valence-electron chi connectivity index (χ2n) is 10.2. The van der Waals surface area contributed by atoms with Crippen molar-refractivity contribution in [2.75, 3.05) is 13.1 Å². The van der Waals surface area contributed by atoms with Crippen molar-refractivity contribution >= 4 is 56.0 Å². The highest BCUT2D eigenvalue weighted by Crippen LogP contribution is 2.35. The smallest absolute Gasteiger partial charge is 0.475 e. The van der Waals surface area contributed by atoms with Crippen molar-refractivity contribution in [2.45, 2.75) is 56.6 Å². The second-order valence-corrected chi connectivity index (χ2v) is 13.0. The van der Waals surface area contributed by atoms with Crippen LogP contribution in [0.3, 0.4) is 0 Å². The van der Waals surface area contributed by atoms with Gasteiger partial charge in [0, 0.05) is 40.6 Å². The lowest BCUT2D eigenvalue weighted by molar-refractivity contribution is -0.192. The third kappa shape index (κ3) is 7.16. The molecular formula is C26H26Cl2F4N4O5S. The average Bonchev–Trinajstić information content (AvgIpc) is 3.56. The quantitative estimate of drug-likeness (QED) is 0.330. The number of carbonyl (C=O) groups excluding carboxylic acids is 1. The predicted molar refractivity (Wildman–Crippen MR) is 148 cm³/mol. The fourth-order valence-electron chi connectivity index (χ4n) is 4.76. The lowest BCUT2D eigenvalue weighted by Crippen LogP contribution is -2.33. The molecule has 2 N–H and O–H groups in total. The molecule has 2 atom stereocenters. The normalized spacial score (nSPS) is 18.4. The third-order valence-electron chi connectivity index (χ3n) is 7.12. The van der Waals surface area contributed by atoms with Crippen molar-refractivity contribution < 1.29 is 40.7 Å². The largest absolute Gasteiger partial charge is 0.490 e. The van der Waals surface area contributed by atoms with Gasteiger partial charge in [-0.25, -0.2) is 22.3 Å². The summed E-state index contributed by atoms with van der Waals surface area (Å²) in [6.45, 7) is 5.41. The Kier molecular flexibility index (Phi) is 9.12. The number of rotatable bonds is 6. The van der Waals surface area contributed by atoms with Crippen LogP contribution in [-0.4, -0.2) is 64.6 Å². The SMILES string of the molecule is Cc1nn([C@@H]2CCN([C@H](C)c3cc(Cl)cc(Cl)c3)C2)c2cc(F)c(C(=O)NS(=O)(=O)C3CC3)cc12.O=C(O)C(F)(F)F. The third-order valence-corrected chi connectivity index (χ3v) is 9.38. The number of likely N-dealkylation sites (tertiary alicyclic amines) is 1. The van der Waals surface area contributed by atoms with E-state index >= 15 is 4.39 Å². The first kappa shape index (κ1) is 32.0.